The summed E-state index contributed by atoms with van der Waals surface area (Å²) in [6.07, 6.45) is -0.203. The fourth-order valence-electron chi connectivity index (χ4n) is 2.66. The second kappa shape index (κ2) is 6.12. The minimum Gasteiger partial charge on any atom is -0.371 e. The Bertz CT molecular complexity index is 767. The van der Waals surface area contributed by atoms with Crippen molar-refractivity contribution in [1.29, 1.82) is 0 Å². The third-order valence-electron chi connectivity index (χ3n) is 3.87. The number of rotatable bonds is 3. The number of ether oxygens (including phenoxy) is 1. The first-order valence-electron chi connectivity index (χ1n) is 7.22. The Kier molecular flexibility index (Phi) is 4.36. The maximum absolute atomic E-state index is 12.7. The number of aryl methyl sites for hydroxylation is 2. The average Bonchev–Trinajstić information content (AvgIpc) is 2.95. The summed E-state index contributed by atoms with van der Waals surface area (Å²) in [6, 6.07) is 11.5. The standard InChI is InChI=1S/C16H19NO3S2/c1-12-5-3-4-6-14(12)15-11-17(9-10-20-15)22(18,19)16-8-7-13(2)21-16/h3-8,15H,9-11H2,1-2H3. The molecule has 1 aliphatic rings. The maximum atomic E-state index is 12.7. The van der Waals surface area contributed by atoms with Crippen molar-refractivity contribution in [2.45, 2.75) is 24.2 Å². The van der Waals surface area contributed by atoms with Crippen LogP contribution >= 0.6 is 11.3 Å². The van der Waals surface area contributed by atoms with Gasteiger partial charge in [0.15, 0.2) is 0 Å². The lowest BCUT2D eigenvalue weighted by atomic mass is 10.0. The number of hydrogen-bond donors (Lipinski definition) is 0. The molecule has 1 fully saturated rings. The van der Waals surface area contributed by atoms with Gasteiger partial charge < -0.3 is 4.74 Å². The zero-order valence-corrected chi connectivity index (χ0v) is 14.3. The van der Waals surface area contributed by atoms with Crippen molar-refractivity contribution in [3.05, 3.63) is 52.4 Å². The van der Waals surface area contributed by atoms with Crippen LogP contribution in [-0.4, -0.2) is 32.4 Å². The third-order valence-corrected chi connectivity index (χ3v) is 7.21. The largest absolute Gasteiger partial charge is 0.371 e. The Labute approximate surface area is 135 Å². The van der Waals surface area contributed by atoms with Crippen molar-refractivity contribution in [3.8, 4) is 0 Å². The van der Waals surface area contributed by atoms with Crippen LogP contribution in [0.2, 0.25) is 0 Å². The second-order valence-corrected chi connectivity index (χ2v) is 8.90. The highest BCUT2D eigenvalue weighted by Crippen LogP contribution is 2.30. The van der Waals surface area contributed by atoms with Crippen molar-refractivity contribution in [2.75, 3.05) is 19.7 Å². The fraction of sp³-hybridized carbons (Fsp3) is 0.375. The second-order valence-electron chi connectivity index (χ2n) is 5.44. The van der Waals surface area contributed by atoms with Gasteiger partial charge >= 0.3 is 0 Å². The number of nitrogens with zero attached hydrogens (tertiary/aromatic N) is 1. The topological polar surface area (TPSA) is 46.6 Å². The first kappa shape index (κ1) is 15.7. The average molecular weight is 337 g/mol. The molecule has 0 aliphatic carbocycles. The van der Waals surface area contributed by atoms with Gasteiger partial charge in [-0.2, -0.15) is 4.31 Å². The first-order valence-corrected chi connectivity index (χ1v) is 9.48. The smallest absolute Gasteiger partial charge is 0.252 e. The van der Waals surface area contributed by atoms with Crippen molar-refractivity contribution >= 4 is 21.4 Å². The van der Waals surface area contributed by atoms with Crippen molar-refractivity contribution in [3.63, 3.8) is 0 Å². The molecule has 1 saturated heterocycles. The molecule has 2 aromatic rings. The highest BCUT2D eigenvalue weighted by atomic mass is 32.2. The Morgan fingerprint density at radius 3 is 2.64 bits per heavy atom. The molecule has 1 aromatic heterocycles. The zero-order valence-electron chi connectivity index (χ0n) is 12.7. The molecule has 0 saturated carbocycles. The molecule has 1 aliphatic heterocycles. The number of hydrogen-bond acceptors (Lipinski definition) is 4. The Morgan fingerprint density at radius 1 is 1.18 bits per heavy atom. The summed E-state index contributed by atoms with van der Waals surface area (Å²) in [5.74, 6) is 0. The maximum Gasteiger partial charge on any atom is 0.252 e. The minimum atomic E-state index is -3.42. The van der Waals surface area contributed by atoms with Crippen LogP contribution in [0.25, 0.3) is 0 Å². The summed E-state index contributed by atoms with van der Waals surface area (Å²) < 4.78 is 33.2. The van der Waals surface area contributed by atoms with Gasteiger partial charge in [-0.1, -0.05) is 24.3 Å². The molecule has 0 N–H and O–H groups in total. The zero-order chi connectivity index (χ0) is 15.7. The van der Waals surface area contributed by atoms with Crippen LogP contribution < -0.4 is 0 Å². The van der Waals surface area contributed by atoms with E-state index in [-0.39, 0.29) is 6.10 Å². The van der Waals surface area contributed by atoms with E-state index in [4.69, 9.17) is 4.74 Å². The Hall–Kier alpha value is -1.21. The molecule has 22 heavy (non-hydrogen) atoms. The van der Waals surface area contributed by atoms with E-state index in [9.17, 15) is 8.42 Å². The normalized spacial score (nSPS) is 20.2. The summed E-state index contributed by atoms with van der Waals surface area (Å²) in [6.45, 7) is 5.13. The molecule has 118 valence electrons. The van der Waals surface area contributed by atoms with Gasteiger partial charge in [-0.05, 0) is 37.1 Å². The molecular weight excluding hydrogens is 318 g/mol. The number of sulfonamides is 1. The van der Waals surface area contributed by atoms with Gasteiger partial charge in [0.2, 0.25) is 0 Å². The van der Waals surface area contributed by atoms with E-state index in [0.29, 0.717) is 23.9 Å². The van der Waals surface area contributed by atoms with E-state index in [1.165, 1.54) is 11.3 Å². The van der Waals surface area contributed by atoms with Gasteiger partial charge in [0.05, 0.1) is 12.7 Å². The van der Waals surface area contributed by atoms with Gasteiger partial charge in [0.25, 0.3) is 10.0 Å². The number of thiophene rings is 1. The Morgan fingerprint density at radius 2 is 1.95 bits per heavy atom. The van der Waals surface area contributed by atoms with Crippen LogP contribution in [-0.2, 0) is 14.8 Å². The molecule has 2 heterocycles. The van der Waals surface area contributed by atoms with Crippen LogP contribution in [0, 0.1) is 13.8 Å². The molecular formula is C16H19NO3S2. The summed E-state index contributed by atoms with van der Waals surface area (Å²) in [7, 11) is -3.42. The highest BCUT2D eigenvalue weighted by Gasteiger charge is 2.32. The number of morpholine rings is 1. The van der Waals surface area contributed by atoms with Crippen LogP contribution in [0.3, 0.4) is 0 Å². The van der Waals surface area contributed by atoms with Crippen LogP contribution in [0.5, 0.6) is 0 Å². The SMILES string of the molecule is Cc1ccc(S(=O)(=O)N2CCOC(c3ccccc3C)C2)s1. The summed E-state index contributed by atoms with van der Waals surface area (Å²) in [5, 5.41) is 0. The molecule has 0 radical (unpaired) electrons. The van der Waals surface area contributed by atoms with Crippen molar-refractivity contribution < 1.29 is 13.2 Å². The van der Waals surface area contributed by atoms with Gasteiger partial charge in [-0.25, -0.2) is 8.42 Å². The van der Waals surface area contributed by atoms with E-state index in [1.54, 1.807) is 10.4 Å². The molecule has 1 unspecified atom stereocenters. The summed E-state index contributed by atoms with van der Waals surface area (Å²) >= 11 is 1.32. The quantitative estimate of drug-likeness (QED) is 0.864. The minimum absolute atomic E-state index is 0.203. The van der Waals surface area contributed by atoms with Gasteiger partial charge in [0, 0.05) is 18.0 Å². The van der Waals surface area contributed by atoms with E-state index < -0.39 is 10.0 Å². The first-order chi connectivity index (χ1) is 10.5. The molecule has 1 aromatic carbocycles. The highest BCUT2D eigenvalue weighted by molar-refractivity contribution is 7.91. The van der Waals surface area contributed by atoms with E-state index in [1.807, 2.05) is 44.2 Å². The molecule has 6 heteroatoms. The summed E-state index contributed by atoms with van der Waals surface area (Å²) in [5.41, 5.74) is 2.18. The molecule has 0 spiro atoms. The van der Waals surface area contributed by atoms with Crippen LogP contribution in [0.1, 0.15) is 22.1 Å². The van der Waals surface area contributed by atoms with Crippen LogP contribution in [0.15, 0.2) is 40.6 Å². The van der Waals surface area contributed by atoms with Gasteiger partial charge in [-0.15, -0.1) is 11.3 Å². The predicted octanol–water partition coefficient (Wildman–Crippen LogP) is 3.13. The summed E-state index contributed by atoms with van der Waals surface area (Å²) in [4.78, 5) is 1.00. The monoisotopic (exact) mass is 337 g/mol. The molecule has 0 bridgehead atoms. The molecule has 0 amide bonds. The van der Waals surface area contributed by atoms with E-state index in [0.717, 1.165) is 16.0 Å². The fourth-order valence-corrected chi connectivity index (χ4v) is 5.52. The third kappa shape index (κ3) is 2.96. The predicted molar refractivity (Wildman–Crippen MR) is 87.7 cm³/mol. The van der Waals surface area contributed by atoms with Crippen molar-refractivity contribution in [2.24, 2.45) is 0 Å². The van der Waals surface area contributed by atoms with Gasteiger partial charge in [0.1, 0.15) is 4.21 Å². The van der Waals surface area contributed by atoms with E-state index in [2.05, 4.69) is 0 Å². The number of benzene rings is 1. The Balaban J connectivity index is 1.86. The van der Waals surface area contributed by atoms with Gasteiger partial charge in [-0.3, -0.25) is 0 Å². The van der Waals surface area contributed by atoms with Crippen molar-refractivity contribution in [1.82, 2.24) is 4.31 Å². The lowest BCUT2D eigenvalue weighted by Gasteiger charge is -2.32. The molecule has 3 rings (SSSR count). The lowest BCUT2D eigenvalue weighted by molar-refractivity contribution is -0.00283. The molecule has 1 atom stereocenters. The van der Waals surface area contributed by atoms with Crippen LogP contribution in [0.4, 0.5) is 0 Å². The molecule has 4 nitrogen and oxygen atoms in total. The lowest BCUT2D eigenvalue weighted by Crippen LogP contribution is -2.42. The van der Waals surface area contributed by atoms with E-state index >= 15 is 0 Å².